The van der Waals surface area contributed by atoms with Gasteiger partial charge < -0.3 is 15.0 Å². The number of carbonyl (C=O) groups is 1. The van der Waals surface area contributed by atoms with Crippen LogP contribution < -0.4 is 15.6 Å². The van der Waals surface area contributed by atoms with Gasteiger partial charge in [0.25, 0.3) is 17.5 Å². The van der Waals surface area contributed by atoms with E-state index in [0.29, 0.717) is 5.56 Å². The molecule has 1 saturated heterocycles. The lowest BCUT2D eigenvalue weighted by Crippen LogP contribution is -2.36. The van der Waals surface area contributed by atoms with Gasteiger partial charge >= 0.3 is 6.18 Å². The summed E-state index contributed by atoms with van der Waals surface area (Å²) in [6, 6.07) is 4.95. The van der Waals surface area contributed by atoms with E-state index in [1.54, 1.807) is 6.92 Å². The smallest absolute Gasteiger partial charge is 0.416 e. The number of piperidine rings is 1. The van der Waals surface area contributed by atoms with Gasteiger partial charge in [-0.25, -0.2) is 0 Å². The zero-order chi connectivity index (χ0) is 21.9. The van der Waals surface area contributed by atoms with Crippen LogP contribution >= 0.6 is 0 Å². The number of benzene rings is 1. The second-order valence-corrected chi connectivity index (χ2v) is 7.37. The first kappa shape index (κ1) is 21.8. The Morgan fingerprint density at radius 1 is 1.27 bits per heavy atom. The normalized spacial score (nSPS) is 16.8. The Morgan fingerprint density at radius 3 is 2.50 bits per heavy atom. The van der Waals surface area contributed by atoms with Crippen LogP contribution in [0.3, 0.4) is 0 Å². The predicted octanol–water partition coefficient (Wildman–Crippen LogP) is 2.75. The average molecular weight is 424 g/mol. The lowest BCUT2D eigenvalue weighted by molar-refractivity contribution is -0.137. The number of rotatable bonds is 5. The number of hydrogen-bond acceptors (Lipinski definition) is 5. The highest BCUT2D eigenvalue weighted by Crippen LogP contribution is 2.29. The summed E-state index contributed by atoms with van der Waals surface area (Å²) >= 11 is 0. The third-order valence-corrected chi connectivity index (χ3v) is 4.98. The van der Waals surface area contributed by atoms with Crippen molar-refractivity contribution in [2.45, 2.75) is 38.1 Å². The second-order valence-electron chi connectivity index (χ2n) is 7.37. The van der Waals surface area contributed by atoms with Crippen LogP contribution in [0, 0.1) is 0 Å². The van der Waals surface area contributed by atoms with Gasteiger partial charge in [0.1, 0.15) is 11.8 Å². The van der Waals surface area contributed by atoms with Crippen molar-refractivity contribution in [3.8, 4) is 6.01 Å². The van der Waals surface area contributed by atoms with Crippen molar-refractivity contribution >= 4 is 5.91 Å². The largest absolute Gasteiger partial charge is 0.461 e. The van der Waals surface area contributed by atoms with Crippen LogP contribution in [0.1, 0.15) is 47.4 Å². The summed E-state index contributed by atoms with van der Waals surface area (Å²) in [4.78, 5) is 33.2. The van der Waals surface area contributed by atoms with E-state index < -0.39 is 29.2 Å². The minimum atomic E-state index is -4.43. The van der Waals surface area contributed by atoms with E-state index >= 15 is 0 Å². The molecule has 0 radical (unpaired) electrons. The van der Waals surface area contributed by atoms with E-state index in [1.807, 2.05) is 7.05 Å². The number of likely N-dealkylation sites (tertiary alicyclic amines) is 1. The Labute approximate surface area is 171 Å². The number of H-pyrrole nitrogens is 1. The minimum Gasteiger partial charge on any atom is -0.461 e. The molecule has 10 heteroatoms. The summed E-state index contributed by atoms with van der Waals surface area (Å²) < 4.78 is 43.8. The van der Waals surface area contributed by atoms with E-state index in [0.717, 1.165) is 44.1 Å². The summed E-state index contributed by atoms with van der Waals surface area (Å²) in [7, 11) is 2.01. The van der Waals surface area contributed by atoms with Gasteiger partial charge in [0.2, 0.25) is 0 Å². The number of amides is 1. The summed E-state index contributed by atoms with van der Waals surface area (Å²) in [6.45, 7) is 3.35. The first-order chi connectivity index (χ1) is 14.1. The Hall–Kier alpha value is -2.88. The fourth-order valence-corrected chi connectivity index (χ4v) is 3.18. The lowest BCUT2D eigenvalue weighted by Gasteiger charge is -2.28. The van der Waals surface area contributed by atoms with Gasteiger partial charge in [-0.15, -0.1) is 0 Å². The molecular weight excluding hydrogens is 401 g/mol. The van der Waals surface area contributed by atoms with Gasteiger partial charge in [-0.2, -0.15) is 18.2 Å². The van der Waals surface area contributed by atoms with E-state index in [9.17, 15) is 22.8 Å². The fourth-order valence-electron chi connectivity index (χ4n) is 3.18. The molecule has 1 aliphatic rings. The molecule has 1 atom stereocenters. The van der Waals surface area contributed by atoms with Crippen molar-refractivity contribution in [2.75, 3.05) is 20.1 Å². The number of aromatic nitrogens is 2. The van der Waals surface area contributed by atoms with Crippen molar-refractivity contribution in [3.05, 3.63) is 57.5 Å². The minimum absolute atomic E-state index is 0.0237. The van der Waals surface area contributed by atoms with Crippen LogP contribution in [0.2, 0.25) is 0 Å². The monoisotopic (exact) mass is 424 g/mol. The molecule has 1 unspecified atom stereocenters. The summed E-state index contributed by atoms with van der Waals surface area (Å²) in [6.07, 6.45) is -2.97. The van der Waals surface area contributed by atoms with Crippen LogP contribution in [0.5, 0.6) is 6.01 Å². The SMILES string of the molecule is CC(NC(=O)c1cc(=O)[nH]c(OC2CCN(C)CC2)n1)c1ccc(C(F)(F)F)cc1. The Kier molecular flexibility index (Phi) is 6.45. The van der Waals surface area contributed by atoms with Crippen molar-refractivity contribution in [3.63, 3.8) is 0 Å². The number of alkyl halides is 3. The first-order valence-corrected chi connectivity index (χ1v) is 9.56. The van der Waals surface area contributed by atoms with Gasteiger partial charge in [0, 0.05) is 19.2 Å². The van der Waals surface area contributed by atoms with Crippen LogP contribution in [0.25, 0.3) is 0 Å². The Bertz CT molecular complexity index is 936. The Morgan fingerprint density at radius 2 is 1.90 bits per heavy atom. The van der Waals surface area contributed by atoms with Crippen LogP contribution in [-0.4, -0.2) is 47.0 Å². The van der Waals surface area contributed by atoms with E-state index in [2.05, 4.69) is 20.2 Å². The maximum Gasteiger partial charge on any atom is 0.416 e. The number of nitrogens with zero attached hydrogens (tertiary/aromatic N) is 2. The van der Waals surface area contributed by atoms with E-state index in [4.69, 9.17) is 4.74 Å². The molecule has 2 heterocycles. The third kappa shape index (κ3) is 5.59. The van der Waals surface area contributed by atoms with Gasteiger partial charge in [0.15, 0.2) is 0 Å². The maximum atomic E-state index is 12.7. The topological polar surface area (TPSA) is 87.3 Å². The zero-order valence-corrected chi connectivity index (χ0v) is 16.6. The molecule has 3 rings (SSSR count). The van der Waals surface area contributed by atoms with Crippen molar-refractivity contribution < 1.29 is 22.7 Å². The third-order valence-electron chi connectivity index (χ3n) is 4.98. The lowest BCUT2D eigenvalue weighted by atomic mass is 10.1. The molecule has 1 aliphatic heterocycles. The number of hydrogen-bond donors (Lipinski definition) is 2. The molecule has 1 amide bonds. The highest BCUT2D eigenvalue weighted by molar-refractivity contribution is 5.92. The van der Waals surface area contributed by atoms with Gasteiger partial charge in [-0.3, -0.25) is 14.6 Å². The molecule has 0 bridgehead atoms. The number of halogens is 3. The maximum absolute atomic E-state index is 12.7. The molecule has 1 fully saturated rings. The Balaban J connectivity index is 1.67. The summed E-state index contributed by atoms with van der Waals surface area (Å²) in [5.41, 5.74) is -0.929. The number of ether oxygens (including phenoxy) is 1. The van der Waals surface area contributed by atoms with Crippen molar-refractivity contribution in [2.24, 2.45) is 0 Å². The number of nitrogens with one attached hydrogen (secondary N) is 2. The molecule has 1 aromatic carbocycles. The van der Waals surface area contributed by atoms with Crippen LogP contribution in [-0.2, 0) is 6.18 Å². The predicted molar refractivity (Wildman–Crippen MR) is 103 cm³/mol. The molecule has 2 N–H and O–H groups in total. The molecule has 2 aromatic rings. The second kappa shape index (κ2) is 8.86. The molecule has 0 saturated carbocycles. The van der Waals surface area contributed by atoms with E-state index in [1.165, 1.54) is 12.1 Å². The average Bonchev–Trinajstić information content (AvgIpc) is 2.68. The number of carbonyl (C=O) groups excluding carboxylic acids is 1. The molecule has 7 nitrogen and oxygen atoms in total. The zero-order valence-electron chi connectivity index (χ0n) is 16.6. The van der Waals surface area contributed by atoms with E-state index in [-0.39, 0.29) is 17.8 Å². The molecule has 0 spiro atoms. The fraction of sp³-hybridized carbons (Fsp3) is 0.450. The summed E-state index contributed by atoms with van der Waals surface area (Å²) in [5.74, 6) is -0.623. The molecule has 0 aliphatic carbocycles. The quantitative estimate of drug-likeness (QED) is 0.771. The molecule has 30 heavy (non-hydrogen) atoms. The molecule has 1 aromatic heterocycles. The van der Waals surface area contributed by atoms with Gasteiger partial charge in [-0.1, -0.05) is 12.1 Å². The van der Waals surface area contributed by atoms with Crippen LogP contribution in [0.15, 0.2) is 35.1 Å². The summed E-state index contributed by atoms with van der Waals surface area (Å²) in [5, 5.41) is 2.64. The van der Waals surface area contributed by atoms with Gasteiger partial charge in [-0.05, 0) is 44.5 Å². The molecule has 162 valence electrons. The first-order valence-electron chi connectivity index (χ1n) is 9.56. The molecular formula is C20H23F3N4O3. The van der Waals surface area contributed by atoms with Gasteiger partial charge in [0.05, 0.1) is 11.6 Å². The number of aromatic amines is 1. The highest BCUT2D eigenvalue weighted by atomic mass is 19.4. The van der Waals surface area contributed by atoms with Crippen molar-refractivity contribution in [1.29, 1.82) is 0 Å². The van der Waals surface area contributed by atoms with Crippen molar-refractivity contribution in [1.82, 2.24) is 20.2 Å². The highest BCUT2D eigenvalue weighted by Gasteiger charge is 2.30. The standard InChI is InChI=1S/C20H23F3N4O3/c1-12(13-3-5-14(6-4-13)20(21,22)23)24-18(29)16-11-17(28)26-19(25-16)30-15-7-9-27(2)10-8-15/h3-6,11-12,15H,7-10H2,1-2H3,(H,24,29)(H,25,26,28). The van der Waals surface area contributed by atoms with Crippen LogP contribution in [0.4, 0.5) is 13.2 Å².